The molecule has 2 aromatic heterocycles. The van der Waals surface area contributed by atoms with Crippen molar-refractivity contribution in [3.05, 3.63) is 47.2 Å². The van der Waals surface area contributed by atoms with Gasteiger partial charge in [0.1, 0.15) is 5.82 Å². The van der Waals surface area contributed by atoms with Crippen molar-refractivity contribution >= 4 is 24.2 Å². The number of benzene rings is 1. The molecule has 1 aliphatic heterocycles. The summed E-state index contributed by atoms with van der Waals surface area (Å²) in [6.45, 7) is 4.28. The van der Waals surface area contributed by atoms with Crippen LogP contribution in [-0.4, -0.2) is 50.0 Å². The van der Waals surface area contributed by atoms with Gasteiger partial charge in [-0.1, -0.05) is 17.8 Å². The van der Waals surface area contributed by atoms with Crippen LogP contribution in [-0.2, 0) is 18.6 Å². The van der Waals surface area contributed by atoms with Gasteiger partial charge in [-0.3, -0.25) is 0 Å². The fourth-order valence-electron chi connectivity index (χ4n) is 4.86. The first kappa shape index (κ1) is 25.0. The molecule has 0 spiro atoms. The third kappa shape index (κ3) is 4.45. The van der Waals surface area contributed by atoms with Gasteiger partial charge in [0.15, 0.2) is 17.3 Å². The minimum atomic E-state index is -4.68. The van der Waals surface area contributed by atoms with Crippen molar-refractivity contribution in [1.29, 1.82) is 0 Å². The van der Waals surface area contributed by atoms with Gasteiger partial charge >= 0.3 is 6.18 Å². The summed E-state index contributed by atoms with van der Waals surface area (Å²) in [7, 11) is 1.88. The molecular weight excluding hydrogens is 494 g/mol. The quantitative estimate of drug-likeness (QED) is 0.246. The number of likely N-dealkylation sites (tertiary alicyclic amines) is 1. The van der Waals surface area contributed by atoms with E-state index in [1.54, 1.807) is 11.8 Å². The molecule has 1 saturated carbocycles. The molecule has 5 rings (SSSR count). The number of hydrogen-bond acceptors (Lipinski definition) is 6. The van der Waals surface area contributed by atoms with Crippen LogP contribution in [0.4, 0.5) is 17.6 Å². The van der Waals surface area contributed by atoms with Gasteiger partial charge in [0.2, 0.25) is 5.82 Å². The zero-order valence-corrected chi connectivity index (χ0v) is 20.2. The second-order valence-corrected chi connectivity index (χ2v) is 9.88. The number of nitrogens with zero attached hydrogens (tertiary/aromatic N) is 5. The molecule has 0 bridgehead atoms. The highest BCUT2D eigenvalue weighted by molar-refractivity contribution is 7.99. The van der Waals surface area contributed by atoms with E-state index in [0.29, 0.717) is 29.6 Å². The third-order valence-electron chi connectivity index (χ3n) is 6.70. The van der Waals surface area contributed by atoms with E-state index >= 15 is 0 Å². The van der Waals surface area contributed by atoms with E-state index in [1.807, 2.05) is 18.5 Å². The lowest BCUT2D eigenvalue weighted by molar-refractivity contribution is -0.140. The summed E-state index contributed by atoms with van der Waals surface area (Å²) in [4.78, 5) is 6.38. The summed E-state index contributed by atoms with van der Waals surface area (Å²) in [6.07, 6.45) is -1.52. The topological polar surface area (TPSA) is 60.0 Å². The Balaban J connectivity index is 0.00000274. The minimum absolute atomic E-state index is 0. The first-order valence-corrected chi connectivity index (χ1v) is 11.7. The van der Waals surface area contributed by atoms with Crippen LogP contribution in [0.15, 0.2) is 34.2 Å². The Bertz CT molecular complexity index is 1180. The van der Waals surface area contributed by atoms with E-state index in [0.717, 1.165) is 54.7 Å². The molecule has 3 aromatic rings. The number of aromatic nitrogens is 4. The van der Waals surface area contributed by atoms with Crippen molar-refractivity contribution < 1.29 is 22.0 Å². The van der Waals surface area contributed by atoms with Crippen LogP contribution in [0.25, 0.3) is 11.6 Å². The molecule has 3 heterocycles. The SMILES string of the molecule is Cc1ncoc1-c1nnc(SCCCN2CC3CC3(c3ccc(F)c(C(F)(F)F)c3)C2)n1C.Cl. The largest absolute Gasteiger partial charge is 0.440 e. The molecule has 2 fully saturated rings. The highest BCUT2D eigenvalue weighted by Crippen LogP contribution is 2.59. The normalized spacial score (nSPS) is 22.0. The van der Waals surface area contributed by atoms with Crippen molar-refractivity contribution in [1.82, 2.24) is 24.6 Å². The van der Waals surface area contributed by atoms with Crippen LogP contribution in [0.3, 0.4) is 0 Å². The summed E-state index contributed by atoms with van der Waals surface area (Å²) in [5.74, 6) is 1.20. The van der Waals surface area contributed by atoms with Gasteiger partial charge in [-0.2, -0.15) is 13.2 Å². The smallest absolute Gasteiger partial charge is 0.419 e. The number of hydrogen-bond donors (Lipinski definition) is 0. The Hall–Kier alpha value is -2.11. The van der Waals surface area contributed by atoms with Crippen molar-refractivity contribution in [3.8, 4) is 11.6 Å². The summed E-state index contributed by atoms with van der Waals surface area (Å²) < 4.78 is 60.4. The zero-order valence-electron chi connectivity index (χ0n) is 18.6. The number of fused-ring (bicyclic) bond motifs is 1. The second kappa shape index (κ2) is 9.16. The minimum Gasteiger partial charge on any atom is -0.440 e. The first-order chi connectivity index (χ1) is 15.7. The van der Waals surface area contributed by atoms with E-state index in [4.69, 9.17) is 4.42 Å². The van der Waals surface area contributed by atoms with Crippen molar-refractivity contribution in [2.75, 3.05) is 25.4 Å². The maximum atomic E-state index is 13.7. The molecule has 184 valence electrons. The van der Waals surface area contributed by atoms with Gasteiger partial charge in [0.05, 0.1) is 11.3 Å². The Morgan fingerprint density at radius 3 is 2.76 bits per heavy atom. The van der Waals surface area contributed by atoms with Crippen LogP contribution >= 0.6 is 24.2 Å². The molecule has 2 atom stereocenters. The predicted molar refractivity (Wildman–Crippen MR) is 121 cm³/mol. The van der Waals surface area contributed by atoms with Crippen molar-refractivity contribution in [2.45, 2.75) is 36.5 Å². The number of halogens is 5. The van der Waals surface area contributed by atoms with Crippen LogP contribution in [0, 0.1) is 18.7 Å². The molecule has 2 unspecified atom stereocenters. The monoisotopic (exact) mass is 517 g/mol. The Morgan fingerprint density at radius 2 is 2.06 bits per heavy atom. The average Bonchev–Trinajstić information content (AvgIpc) is 3.06. The van der Waals surface area contributed by atoms with Gasteiger partial charge < -0.3 is 13.9 Å². The van der Waals surface area contributed by atoms with Gasteiger partial charge in [-0.05, 0) is 49.9 Å². The molecule has 12 heteroatoms. The van der Waals surface area contributed by atoms with Crippen LogP contribution in [0.1, 0.15) is 29.7 Å². The maximum absolute atomic E-state index is 13.7. The standard InChI is InChI=1S/C22H23F4N5OS.ClH/c1-13-18(32-12-27-13)19-28-29-20(30(19)2)33-7-3-6-31-10-15-9-21(15,11-31)14-4-5-17(23)16(8-14)22(24,25)26;/h4-5,8,12,15H,3,6-7,9-11H2,1-2H3;1H. The fourth-order valence-corrected chi connectivity index (χ4v) is 5.70. The van der Waals surface area contributed by atoms with Gasteiger partial charge in [0.25, 0.3) is 0 Å². The number of alkyl halides is 3. The lowest BCUT2D eigenvalue weighted by atomic mass is 9.93. The first-order valence-electron chi connectivity index (χ1n) is 10.7. The van der Waals surface area contributed by atoms with E-state index in [1.165, 1.54) is 12.5 Å². The summed E-state index contributed by atoms with van der Waals surface area (Å²) >= 11 is 1.60. The molecular formula is C22H24ClF4N5OS. The van der Waals surface area contributed by atoms with E-state index < -0.39 is 17.6 Å². The third-order valence-corrected chi connectivity index (χ3v) is 7.80. The molecule has 6 nitrogen and oxygen atoms in total. The van der Waals surface area contributed by atoms with Crippen LogP contribution < -0.4 is 0 Å². The van der Waals surface area contributed by atoms with Crippen LogP contribution in [0.5, 0.6) is 0 Å². The van der Waals surface area contributed by atoms with Gasteiger partial charge in [-0.25, -0.2) is 9.37 Å². The highest BCUT2D eigenvalue weighted by Gasteiger charge is 2.60. The molecule has 1 aliphatic carbocycles. The predicted octanol–water partition coefficient (Wildman–Crippen LogP) is 5.11. The highest BCUT2D eigenvalue weighted by atomic mass is 35.5. The molecule has 1 aromatic carbocycles. The number of piperidine rings is 1. The van der Waals surface area contributed by atoms with Crippen molar-refractivity contribution in [3.63, 3.8) is 0 Å². The van der Waals surface area contributed by atoms with E-state index in [9.17, 15) is 17.6 Å². The average molecular weight is 518 g/mol. The summed E-state index contributed by atoms with van der Waals surface area (Å²) in [6, 6.07) is 3.49. The molecule has 0 N–H and O–H groups in total. The molecule has 0 radical (unpaired) electrons. The van der Waals surface area contributed by atoms with E-state index in [-0.39, 0.29) is 17.8 Å². The second-order valence-electron chi connectivity index (χ2n) is 8.82. The Labute approximate surface area is 204 Å². The van der Waals surface area contributed by atoms with E-state index in [2.05, 4.69) is 20.1 Å². The summed E-state index contributed by atoms with van der Waals surface area (Å²) in [5, 5.41) is 9.23. The number of rotatable bonds is 7. The van der Waals surface area contributed by atoms with Crippen molar-refractivity contribution in [2.24, 2.45) is 13.0 Å². The molecule has 2 aliphatic rings. The fraction of sp³-hybridized carbons (Fsp3) is 0.500. The Kier molecular flexibility index (Phi) is 6.73. The maximum Gasteiger partial charge on any atom is 0.419 e. The number of aryl methyl sites for hydroxylation is 1. The Morgan fingerprint density at radius 1 is 1.26 bits per heavy atom. The van der Waals surface area contributed by atoms with Gasteiger partial charge in [-0.15, -0.1) is 22.6 Å². The van der Waals surface area contributed by atoms with Crippen LogP contribution in [0.2, 0.25) is 0 Å². The molecule has 0 amide bonds. The number of oxazole rings is 1. The van der Waals surface area contributed by atoms with Gasteiger partial charge in [0, 0.05) is 31.3 Å². The lowest BCUT2D eigenvalue weighted by Gasteiger charge is -2.21. The number of thioether (sulfide) groups is 1. The molecule has 1 saturated heterocycles. The summed E-state index contributed by atoms with van der Waals surface area (Å²) in [5.41, 5.74) is -0.0770. The molecule has 34 heavy (non-hydrogen) atoms. The lowest BCUT2D eigenvalue weighted by Crippen LogP contribution is -2.28. The zero-order chi connectivity index (χ0) is 23.4.